The number of carbonyl (C=O) groups excluding carboxylic acids is 1. The quantitative estimate of drug-likeness (QED) is 0.755. The van der Waals surface area contributed by atoms with E-state index in [0.717, 1.165) is 23.0 Å². The fourth-order valence-electron chi connectivity index (χ4n) is 2.63. The van der Waals surface area contributed by atoms with Crippen molar-refractivity contribution in [2.75, 3.05) is 12.9 Å². The van der Waals surface area contributed by atoms with E-state index in [2.05, 4.69) is 11.9 Å². The van der Waals surface area contributed by atoms with Crippen molar-refractivity contribution in [3.05, 3.63) is 59.1 Å². The van der Waals surface area contributed by atoms with E-state index in [0.29, 0.717) is 16.3 Å². The summed E-state index contributed by atoms with van der Waals surface area (Å²) in [6.07, 6.45) is 0.877. The summed E-state index contributed by atoms with van der Waals surface area (Å²) in [6.45, 7) is 2.09. The standard InChI is InChI=1S/C19H19ClN2O2S/c1-3-16-12-25-19(21-15-9-7-14(20)8-10-15)22(16)18(23)13-5-4-6-17(11-13)24-2/h4-11,16H,3,12H2,1-2H3. The molecule has 1 saturated heterocycles. The number of thioether (sulfide) groups is 1. The highest BCUT2D eigenvalue weighted by molar-refractivity contribution is 8.14. The van der Waals surface area contributed by atoms with Crippen molar-refractivity contribution in [2.45, 2.75) is 19.4 Å². The van der Waals surface area contributed by atoms with Gasteiger partial charge in [-0.05, 0) is 48.9 Å². The van der Waals surface area contributed by atoms with Crippen LogP contribution in [0.4, 0.5) is 5.69 Å². The lowest BCUT2D eigenvalue weighted by molar-refractivity contribution is 0.0819. The zero-order chi connectivity index (χ0) is 17.8. The predicted molar refractivity (Wildman–Crippen MR) is 104 cm³/mol. The Hall–Kier alpha value is -1.98. The van der Waals surface area contributed by atoms with Crippen LogP contribution in [0.5, 0.6) is 5.75 Å². The molecule has 1 fully saturated rings. The summed E-state index contributed by atoms with van der Waals surface area (Å²) < 4.78 is 5.24. The molecule has 1 unspecified atom stereocenters. The summed E-state index contributed by atoms with van der Waals surface area (Å²) in [7, 11) is 1.59. The van der Waals surface area contributed by atoms with Gasteiger partial charge in [0.15, 0.2) is 5.17 Å². The third kappa shape index (κ3) is 3.99. The molecule has 6 heteroatoms. The minimum absolute atomic E-state index is 0.0523. The van der Waals surface area contributed by atoms with Crippen LogP contribution < -0.4 is 4.74 Å². The number of nitrogens with zero attached hydrogens (tertiary/aromatic N) is 2. The van der Waals surface area contributed by atoms with Gasteiger partial charge in [-0.2, -0.15) is 0 Å². The van der Waals surface area contributed by atoms with Crippen molar-refractivity contribution in [3.63, 3.8) is 0 Å². The van der Waals surface area contributed by atoms with Gasteiger partial charge in [-0.25, -0.2) is 4.99 Å². The highest BCUT2D eigenvalue weighted by atomic mass is 35.5. The molecular weight excluding hydrogens is 356 g/mol. The van der Waals surface area contributed by atoms with Crippen molar-refractivity contribution in [1.29, 1.82) is 0 Å². The second kappa shape index (κ2) is 7.93. The molecule has 0 spiro atoms. The number of halogens is 1. The molecule has 1 atom stereocenters. The third-order valence-corrected chi connectivity index (χ3v) is 5.38. The number of hydrogen-bond acceptors (Lipinski definition) is 4. The molecule has 2 aromatic carbocycles. The van der Waals surface area contributed by atoms with Crippen molar-refractivity contribution < 1.29 is 9.53 Å². The maximum Gasteiger partial charge on any atom is 0.260 e. The van der Waals surface area contributed by atoms with Gasteiger partial charge in [0.1, 0.15) is 5.75 Å². The second-order valence-corrected chi connectivity index (χ2v) is 7.07. The second-order valence-electron chi connectivity index (χ2n) is 5.65. The number of methoxy groups -OCH3 is 1. The SMILES string of the molecule is CCC1CSC(=Nc2ccc(Cl)cc2)N1C(=O)c1cccc(OC)c1. The van der Waals surface area contributed by atoms with Crippen molar-refractivity contribution in [3.8, 4) is 5.75 Å². The molecule has 25 heavy (non-hydrogen) atoms. The summed E-state index contributed by atoms with van der Waals surface area (Å²) >= 11 is 7.54. The van der Waals surface area contributed by atoms with Crippen LogP contribution in [-0.4, -0.2) is 34.9 Å². The van der Waals surface area contributed by atoms with Gasteiger partial charge in [0.2, 0.25) is 0 Å². The number of rotatable bonds is 4. The Labute approximate surface area is 156 Å². The number of aliphatic imine (C=N–C) groups is 1. The maximum atomic E-state index is 13.1. The summed E-state index contributed by atoms with van der Waals surface area (Å²) in [5.41, 5.74) is 1.39. The van der Waals surface area contributed by atoms with Crippen molar-refractivity contribution >= 4 is 40.1 Å². The number of carbonyl (C=O) groups is 1. The van der Waals surface area contributed by atoms with E-state index in [1.807, 2.05) is 24.3 Å². The molecule has 1 aliphatic heterocycles. The molecular formula is C19H19ClN2O2S. The molecule has 4 nitrogen and oxygen atoms in total. The first-order valence-electron chi connectivity index (χ1n) is 8.07. The summed E-state index contributed by atoms with van der Waals surface area (Å²) in [5, 5.41) is 1.39. The minimum atomic E-state index is -0.0523. The molecule has 0 aromatic heterocycles. The zero-order valence-corrected chi connectivity index (χ0v) is 15.7. The molecule has 0 N–H and O–H groups in total. The first-order chi connectivity index (χ1) is 12.1. The molecule has 0 saturated carbocycles. The number of hydrogen-bond donors (Lipinski definition) is 0. The lowest BCUT2D eigenvalue weighted by Crippen LogP contribution is -2.39. The fraction of sp³-hybridized carbons (Fsp3) is 0.263. The Morgan fingerprint density at radius 2 is 2.08 bits per heavy atom. The van der Waals surface area contributed by atoms with E-state index in [4.69, 9.17) is 16.3 Å². The zero-order valence-electron chi connectivity index (χ0n) is 14.1. The van der Waals surface area contributed by atoms with Gasteiger partial charge >= 0.3 is 0 Å². The summed E-state index contributed by atoms with van der Waals surface area (Å²) in [5.74, 6) is 1.46. The molecule has 0 bridgehead atoms. The molecule has 130 valence electrons. The van der Waals surface area contributed by atoms with E-state index in [-0.39, 0.29) is 11.9 Å². The van der Waals surface area contributed by atoms with Crippen LogP contribution in [0.1, 0.15) is 23.7 Å². The van der Waals surface area contributed by atoms with Crippen molar-refractivity contribution in [1.82, 2.24) is 4.90 Å². The Morgan fingerprint density at radius 3 is 2.76 bits per heavy atom. The normalized spacial score (nSPS) is 18.6. The Kier molecular flexibility index (Phi) is 5.66. The summed E-state index contributed by atoms with van der Waals surface area (Å²) in [6, 6.07) is 14.7. The largest absolute Gasteiger partial charge is 0.497 e. The van der Waals surface area contributed by atoms with E-state index in [9.17, 15) is 4.79 Å². The van der Waals surface area contributed by atoms with Gasteiger partial charge in [-0.1, -0.05) is 36.4 Å². The fourth-order valence-corrected chi connectivity index (χ4v) is 4.02. The van der Waals surface area contributed by atoms with Gasteiger partial charge < -0.3 is 4.74 Å². The topological polar surface area (TPSA) is 41.9 Å². The maximum absolute atomic E-state index is 13.1. The molecule has 1 aliphatic rings. The van der Waals surface area contributed by atoms with Gasteiger partial charge in [0, 0.05) is 22.4 Å². The molecule has 3 rings (SSSR count). The average Bonchev–Trinajstić information content (AvgIpc) is 3.05. The highest BCUT2D eigenvalue weighted by Crippen LogP contribution is 2.31. The number of ether oxygens (including phenoxy) is 1. The van der Waals surface area contributed by atoms with Crippen LogP contribution in [0, 0.1) is 0 Å². The first-order valence-corrected chi connectivity index (χ1v) is 9.43. The van der Waals surface area contributed by atoms with E-state index < -0.39 is 0 Å². The highest BCUT2D eigenvalue weighted by Gasteiger charge is 2.34. The third-order valence-electron chi connectivity index (χ3n) is 4.03. The number of benzene rings is 2. The van der Waals surface area contributed by atoms with Crippen LogP contribution in [0.2, 0.25) is 5.02 Å². The molecule has 1 heterocycles. The number of amidine groups is 1. The van der Waals surface area contributed by atoms with Gasteiger partial charge in [-0.15, -0.1) is 0 Å². The van der Waals surface area contributed by atoms with Gasteiger partial charge in [-0.3, -0.25) is 9.69 Å². The Balaban J connectivity index is 1.93. The van der Waals surface area contributed by atoms with Crippen molar-refractivity contribution in [2.24, 2.45) is 4.99 Å². The average molecular weight is 375 g/mol. The summed E-state index contributed by atoms with van der Waals surface area (Å²) in [4.78, 5) is 19.6. The monoisotopic (exact) mass is 374 g/mol. The number of amides is 1. The lowest BCUT2D eigenvalue weighted by atomic mass is 10.1. The van der Waals surface area contributed by atoms with Crippen LogP contribution in [0.3, 0.4) is 0 Å². The Morgan fingerprint density at radius 1 is 1.32 bits per heavy atom. The molecule has 1 amide bonds. The van der Waals surface area contributed by atoms with Gasteiger partial charge in [0.25, 0.3) is 5.91 Å². The van der Waals surface area contributed by atoms with Crippen LogP contribution in [-0.2, 0) is 0 Å². The van der Waals surface area contributed by atoms with Gasteiger partial charge in [0.05, 0.1) is 12.8 Å². The lowest BCUT2D eigenvalue weighted by Gasteiger charge is -2.23. The van der Waals surface area contributed by atoms with Crippen LogP contribution in [0.25, 0.3) is 0 Å². The van der Waals surface area contributed by atoms with E-state index >= 15 is 0 Å². The minimum Gasteiger partial charge on any atom is -0.497 e. The molecule has 0 radical (unpaired) electrons. The van der Waals surface area contributed by atoms with Crippen LogP contribution in [0.15, 0.2) is 53.5 Å². The first kappa shape index (κ1) is 17.8. The molecule has 2 aromatic rings. The predicted octanol–water partition coefficient (Wildman–Crippen LogP) is 5.00. The Bertz CT molecular complexity index is 792. The van der Waals surface area contributed by atoms with E-state index in [1.165, 1.54) is 0 Å². The smallest absolute Gasteiger partial charge is 0.260 e. The van der Waals surface area contributed by atoms with Crippen LogP contribution >= 0.6 is 23.4 Å². The van der Waals surface area contributed by atoms with E-state index in [1.54, 1.807) is 48.0 Å². The molecule has 0 aliphatic carbocycles.